The Bertz CT molecular complexity index is 1010. The van der Waals surface area contributed by atoms with E-state index in [1.165, 1.54) is 11.1 Å². The Morgan fingerprint density at radius 3 is 2.62 bits per heavy atom. The molecule has 2 atom stereocenters. The highest BCUT2D eigenvalue weighted by Crippen LogP contribution is 2.33. The van der Waals surface area contributed by atoms with Crippen LogP contribution in [0.5, 0.6) is 0 Å². The molecular formula is C22H22N4O3. The maximum atomic E-state index is 13.0. The Kier molecular flexibility index (Phi) is 5.08. The number of rotatable bonds is 3. The van der Waals surface area contributed by atoms with Crippen molar-refractivity contribution in [3.05, 3.63) is 77.9 Å². The van der Waals surface area contributed by atoms with Crippen molar-refractivity contribution in [2.45, 2.75) is 25.0 Å². The normalized spacial score (nSPS) is 21.8. The standard InChI is InChI=1S/C22H22N4O3/c1-15-18(13-24-20(25-15)16-6-5-10-23-12-16)21(28)26-11-9-22(29,19(27)14-26)17-7-3-2-4-8-17/h2-8,10,12-13,19,27,29H,9,11,14H2,1H3/t19-,22-/m0/s1. The largest absolute Gasteiger partial charge is 0.388 e. The Labute approximate surface area is 168 Å². The van der Waals surface area contributed by atoms with Gasteiger partial charge in [0.2, 0.25) is 0 Å². The van der Waals surface area contributed by atoms with Gasteiger partial charge in [-0.1, -0.05) is 30.3 Å². The minimum Gasteiger partial charge on any atom is -0.388 e. The summed E-state index contributed by atoms with van der Waals surface area (Å²) in [6.45, 7) is 2.12. The number of amides is 1. The van der Waals surface area contributed by atoms with E-state index in [1.807, 2.05) is 24.3 Å². The van der Waals surface area contributed by atoms with E-state index in [1.54, 1.807) is 37.5 Å². The number of pyridine rings is 1. The molecule has 29 heavy (non-hydrogen) atoms. The zero-order valence-corrected chi connectivity index (χ0v) is 16.1. The van der Waals surface area contributed by atoms with E-state index < -0.39 is 11.7 Å². The number of carbonyl (C=O) groups is 1. The number of nitrogens with zero attached hydrogens (tertiary/aromatic N) is 4. The van der Waals surface area contributed by atoms with Crippen molar-refractivity contribution >= 4 is 5.91 Å². The van der Waals surface area contributed by atoms with Crippen LogP contribution < -0.4 is 0 Å². The van der Waals surface area contributed by atoms with Gasteiger partial charge in [0, 0.05) is 37.1 Å². The minimum absolute atomic E-state index is 0.0357. The van der Waals surface area contributed by atoms with E-state index in [9.17, 15) is 15.0 Å². The summed E-state index contributed by atoms with van der Waals surface area (Å²) in [5.41, 5.74) is 1.00. The van der Waals surface area contributed by atoms with E-state index in [2.05, 4.69) is 15.0 Å². The molecule has 148 valence electrons. The van der Waals surface area contributed by atoms with E-state index >= 15 is 0 Å². The van der Waals surface area contributed by atoms with Crippen LogP contribution in [-0.4, -0.2) is 55.2 Å². The van der Waals surface area contributed by atoms with Gasteiger partial charge in [0.15, 0.2) is 5.82 Å². The van der Waals surface area contributed by atoms with Crippen LogP contribution in [0.15, 0.2) is 61.1 Å². The number of carbonyl (C=O) groups excluding carboxylic acids is 1. The van der Waals surface area contributed by atoms with Crippen LogP contribution >= 0.6 is 0 Å². The van der Waals surface area contributed by atoms with Gasteiger partial charge in [-0.3, -0.25) is 9.78 Å². The number of aliphatic hydroxyl groups excluding tert-OH is 1. The van der Waals surface area contributed by atoms with Crippen LogP contribution in [0.2, 0.25) is 0 Å². The number of piperidine rings is 1. The first-order valence-corrected chi connectivity index (χ1v) is 9.48. The van der Waals surface area contributed by atoms with Gasteiger partial charge >= 0.3 is 0 Å². The lowest BCUT2D eigenvalue weighted by atomic mass is 9.82. The highest BCUT2D eigenvalue weighted by atomic mass is 16.3. The molecule has 7 nitrogen and oxygen atoms in total. The third-order valence-corrected chi connectivity index (χ3v) is 5.40. The predicted octanol–water partition coefficient (Wildman–Crippen LogP) is 1.94. The Balaban J connectivity index is 1.52. The molecule has 0 saturated carbocycles. The first-order chi connectivity index (χ1) is 14.0. The molecule has 1 aliphatic heterocycles. The molecule has 3 heterocycles. The molecule has 4 rings (SSSR count). The van der Waals surface area contributed by atoms with Gasteiger partial charge in [-0.2, -0.15) is 0 Å². The second kappa shape index (κ2) is 7.69. The van der Waals surface area contributed by atoms with Gasteiger partial charge in [-0.15, -0.1) is 0 Å². The molecule has 7 heteroatoms. The van der Waals surface area contributed by atoms with Crippen molar-refractivity contribution in [2.24, 2.45) is 0 Å². The van der Waals surface area contributed by atoms with Crippen molar-refractivity contribution < 1.29 is 15.0 Å². The number of likely N-dealkylation sites (tertiary alicyclic amines) is 1. The Morgan fingerprint density at radius 1 is 1.17 bits per heavy atom. The number of aryl methyl sites for hydroxylation is 1. The molecule has 0 bridgehead atoms. The van der Waals surface area contributed by atoms with Crippen LogP contribution in [0, 0.1) is 6.92 Å². The van der Waals surface area contributed by atoms with Crippen molar-refractivity contribution in [1.29, 1.82) is 0 Å². The molecule has 1 aliphatic rings. The Morgan fingerprint density at radius 2 is 1.97 bits per heavy atom. The highest BCUT2D eigenvalue weighted by molar-refractivity contribution is 5.95. The fourth-order valence-corrected chi connectivity index (χ4v) is 3.65. The molecule has 2 aromatic heterocycles. The first-order valence-electron chi connectivity index (χ1n) is 9.48. The van der Waals surface area contributed by atoms with Crippen LogP contribution in [0.1, 0.15) is 28.0 Å². The van der Waals surface area contributed by atoms with E-state index in [0.717, 1.165) is 5.56 Å². The van der Waals surface area contributed by atoms with E-state index in [4.69, 9.17) is 0 Å². The van der Waals surface area contributed by atoms with Crippen molar-refractivity contribution in [2.75, 3.05) is 13.1 Å². The molecule has 0 spiro atoms. The van der Waals surface area contributed by atoms with Gasteiger partial charge in [0.05, 0.1) is 17.8 Å². The summed E-state index contributed by atoms with van der Waals surface area (Å²) in [5, 5.41) is 21.6. The third kappa shape index (κ3) is 3.62. The topological polar surface area (TPSA) is 99.4 Å². The lowest BCUT2D eigenvalue weighted by molar-refractivity contribution is -0.118. The molecule has 1 saturated heterocycles. The van der Waals surface area contributed by atoms with E-state index in [0.29, 0.717) is 29.2 Å². The van der Waals surface area contributed by atoms with Crippen molar-refractivity contribution in [3.8, 4) is 11.4 Å². The summed E-state index contributed by atoms with van der Waals surface area (Å²) in [4.78, 5) is 27.4. The maximum absolute atomic E-state index is 13.0. The van der Waals surface area contributed by atoms with Crippen LogP contribution in [0.4, 0.5) is 0 Å². The number of aliphatic hydroxyl groups is 2. The summed E-state index contributed by atoms with van der Waals surface area (Å²) < 4.78 is 0. The van der Waals surface area contributed by atoms with Crippen molar-refractivity contribution in [1.82, 2.24) is 19.9 Å². The lowest BCUT2D eigenvalue weighted by Gasteiger charge is -2.42. The molecule has 0 aliphatic carbocycles. The summed E-state index contributed by atoms with van der Waals surface area (Å²) in [6, 6.07) is 12.7. The summed E-state index contributed by atoms with van der Waals surface area (Å²) in [6.07, 6.45) is 4.02. The number of β-amino-alcohol motifs (C(OH)–C–C–N with tert-alkyl or cyclic N) is 1. The summed E-state index contributed by atoms with van der Waals surface area (Å²) in [5.74, 6) is 0.249. The lowest BCUT2D eigenvalue weighted by Crippen LogP contribution is -2.55. The number of aromatic nitrogens is 3. The van der Waals surface area contributed by atoms with Gasteiger partial charge in [0.25, 0.3) is 5.91 Å². The molecule has 1 aromatic carbocycles. The average molecular weight is 390 g/mol. The summed E-state index contributed by atoms with van der Waals surface area (Å²) in [7, 11) is 0. The molecular weight excluding hydrogens is 368 g/mol. The first kappa shape index (κ1) is 19.2. The smallest absolute Gasteiger partial charge is 0.257 e. The van der Waals surface area contributed by atoms with Crippen LogP contribution in [0.3, 0.4) is 0 Å². The number of hydrogen-bond acceptors (Lipinski definition) is 6. The molecule has 0 radical (unpaired) electrons. The summed E-state index contributed by atoms with van der Waals surface area (Å²) >= 11 is 0. The number of hydrogen-bond donors (Lipinski definition) is 2. The molecule has 1 amide bonds. The average Bonchev–Trinajstić information content (AvgIpc) is 2.76. The number of benzene rings is 1. The van der Waals surface area contributed by atoms with Gasteiger partial charge < -0.3 is 15.1 Å². The SMILES string of the molecule is Cc1nc(-c2cccnc2)ncc1C(=O)N1CC[C@](O)(c2ccccc2)[C@@H](O)C1. The zero-order valence-electron chi connectivity index (χ0n) is 16.1. The third-order valence-electron chi connectivity index (χ3n) is 5.40. The van der Waals surface area contributed by atoms with E-state index in [-0.39, 0.29) is 18.9 Å². The Hall–Kier alpha value is -3.16. The monoisotopic (exact) mass is 390 g/mol. The maximum Gasteiger partial charge on any atom is 0.257 e. The van der Waals surface area contributed by atoms with Crippen molar-refractivity contribution in [3.63, 3.8) is 0 Å². The van der Waals surface area contributed by atoms with Gasteiger partial charge in [-0.05, 0) is 24.6 Å². The van der Waals surface area contributed by atoms with Gasteiger partial charge in [0.1, 0.15) is 11.7 Å². The predicted molar refractivity (Wildman–Crippen MR) is 107 cm³/mol. The van der Waals surface area contributed by atoms with Gasteiger partial charge in [-0.25, -0.2) is 9.97 Å². The highest BCUT2D eigenvalue weighted by Gasteiger charge is 2.43. The second-order valence-corrected chi connectivity index (χ2v) is 7.24. The van der Waals surface area contributed by atoms with Crippen LogP contribution in [-0.2, 0) is 5.60 Å². The molecule has 2 N–H and O–H groups in total. The second-order valence-electron chi connectivity index (χ2n) is 7.24. The fraction of sp³-hybridized carbons (Fsp3) is 0.273. The molecule has 1 fully saturated rings. The molecule has 0 unspecified atom stereocenters. The zero-order chi connectivity index (χ0) is 20.4. The fourth-order valence-electron chi connectivity index (χ4n) is 3.65. The quantitative estimate of drug-likeness (QED) is 0.709. The van der Waals surface area contributed by atoms with Crippen LogP contribution in [0.25, 0.3) is 11.4 Å². The minimum atomic E-state index is -1.37. The molecule has 3 aromatic rings.